The third-order valence-corrected chi connectivity index (χ3v) is 7.85. The van der Waals surface area contributed by atoms with E-state index < -0.39 is 30.8 Å². The Morgan fingerprint density at radius 2 is 1.50 bits per heavy atom. The Balaban J connectivity index is 1.35. The molecule has 2 aromatic rings. The molecule has 5 unspecified atom stereocenters. The molecule has 0 aromatic heterocycles. The minimum Gasteiger partial charge on any atom is -0.373 e. The summed E-state index contributed by atoms with van der Waals surface area (Å²) in [6, 6.07) is 19.4. The van der Waals surface area contributed by atoms with E-state index in [-0.39, 0.29) is 30.1 Å². The van der Waals surface area contributed by atoms with E-state index in [1.807, 2.05) is 48.5 Å². The first-order valence-electron chi connectivity index (χ1n) is 13.5. The number of hydrogen-bond donors (Lipinski definition) is 0. The van der Waals surface area contributed by atoms with E-state index in [1.165, 1.54) is 0 Å². The van der Waals surface area contributed by atoms with E-state index in [0.717, 1.165) is 17.5 Å². The van der Waals surface area contributed by atoms with Crippen LogP contribution in [0.5, 0.6) is 0 Å². The Labute approximate surface area is 223 Å². The molecule has 3 aliphatic heterocycles. The summed E-state index contributed by atoms with van der Waals surface area (Å²) in [6.45, 7) is 7.60. The lowest BCUT2D eigenvalue weighted by Crippen LogP contribution is -2.59. The van der Waals surface area contributed by atoms with E-state index in [1.54, 1.807) is 0 Å². The first-order valence-corrected chi connectivity index (χ1v) is 13.5. The fraction of sp³-hybridized carbons (Fsp3) is 0.586. The third kappa shape index (κ3) is 5.90. The van der Waals surface area contributed by atoms with Crippen molar-refractivity contribution in [1.82, 2.24) is 0 Å². The average Bonchev–Trinajstić information content (AvgIpc) is 3.39. The minimum atomic E-state index is -0.683. The smallest absolute Gasteiger partial charge is 0.169 e. The zero-order valence-electron chi connectivity index (χ0n) is 22.2. The molecule has 38 heavy (non-hydrogen) atoms. The van der Waals surface area contributed by atoms with Crippen LogP contribution in [-0.4, -0.2) is 55.7 Å². The maximum atomic E-state index is 9.29. The standard InChI is InChI=1S/C29H37N3O6/c1-4-22-18(2)25(33-15-20-11-7-5-8-12-20)19(3)28(36-22)38-26-23-17-35-29(37-23)24(31-32-30)27(26)34-16-21-13-9-6-10-14-21/h5-14,18-19,22-29H,4,15-17H2,1-3H3/t18-,19?,22?,23?,24?,25-,26-,27?,28+,29-/m1/s1. The molecule has 3 heterocycles. The topological polar surface area (TPSA) is 104 Å². The highest BCUT2D eigenvalue weighted by Crippen LogP contribution is 2.39. The highest BCUT2D eigenvalue weighted by molar-refractivity contribution is 5.14. The Morgan fingerprint density at radius 1 is 0.868 bits per heavy atom. The first kappa shape index (κ1) is 27.1. The number of hydrogen-bond acceptors (Lipinski definition) is 7. The van der Waals surface area contributed by atoms with Crippen LogP contribution in [0.15, 0.2) is 65.8 Å². The van der Waals surface area contributed by atoms with Crippen molar-refractivity contribution >= 4 is 0 Å². The van der Waals surface area contributed by atoms with Gasteiger partial charge in [-0.05, 0) is 23.1 Å². The van der Waals surface area contributed by atoms with Gasteiger partial charge in [0.15, 0.2) is 12.6 Å². The molecular weight excluding hydrogens is 486 g/mol. The number of nitrogens with zero attached hydrogens (tertiary/aromatic N) is 3. The SMILES string of the molecule is CCC1O[C@@H](O[C@@H]2C3CO[C@H](O3)C(N=[N+]=[N-])C2OCc2ccccc2)C(C)[C@H](OCc2ccccc2)[C@@H]1C. The van der Waals surface area contributed by atoms with Crippen molar-refractivity contribution in [3.05, 3.63) is 82.2 Å². The van der Waals surface area contributed by atoms with Crippen molar-refractivity contribution in [3.8, 4) is 0 Å². The van der Waals surface area contributed by atoms with Gasteiger partial charge in [0.2, 0.25) is 0 Å². The van der Waals surface area contributed by atoms with E-state index >= 15 is 0 Å². The van der Waals surface area contributed by atoms with Crippen LogP contribution in [0.3, 0.4) is 0 Å². The van der Waals surface area contributed by atoms with Crippen LogP contribution in [0, 0.1) is 11.8 Å². The number of benzene rings is 2. The van der Waals surface area contributed by atoms with Crippen molar-refractivity contribution in [2.45, 2.75) is 89.5 Å². The quantitative estimate of drug-likeness (QED) is 0.235. The molecule has 0 radical (unpaired) electrons. The Bertz CT molecular complexity index is 1070. The lowest BCUT2D eigenvalue weighted by Gasteiger charge is -2.47. The van der Waals surface area contributed by atoms with Gasteiger partial charge in [-0.25, -0.2) is 0 Å². The maximum absolute atomic E-state index is 9.29. The van der Waals surface area contributed by atoms with E-state index in [9.17, 15) is 5.53 Å². The Kier molecular flexibility index (Phi) is 8.97. The average molecular weight is 524 g/mol. The van der Waals surface area contributed by atoms with Gasteiger partial charge in [-0.15, -0.1) is 0 Å². The van der Waals surface area contributed by atoms with Crippen LogP contribution in [0.2, 0.25) is 0 Å². The van der Waals surface area contributed by atoms with Crippen LogP contribution in [-0.2, 0) is 41.6 Å². The molecule has 10 atom stereocenters. The van der Waals surface area contributed by atoms with Crippen molar-refractivity contribution in [2.24, 2.45) is 17.0 Å². The van der Waals surface area contributed by atoms with E-state index in [4.69, 9.17) is 28.4 Å². The van der Waals surface area contributed by atoms with Crippen LogP contribution < -0.4 is 0 Å². The molecule has 2 aromatic carbocycles. The molecule has 0 saturated carbocycles. The van der Waals surface area contributed by atoms with Gasteiger partial charge >= 0.3 is 0 Å². The number of ether oxygens (including phenoxy) is 6. The monoisotopic (exact) mass is 523 g/mol. The molecule has 0 aliphatic carbocycles. The van der Waals surface area contributed by atoms with Gasteiger partial charge in [-0.2, -0.15) is 0 Å². The summed E-state index contributed by atoms with van der Waals surface area (Å²) < 4.78 is 37.9. The van der Waals surface area contributed by atoms with Gasteiger partial charge in [0.05, 0.1) is 32.0 Å². The van der Waals surface area contributed by atoms with Gasteiger partial charge in [-0.1, -0.05) is 86.5 Å². The summed E-state index contributed by atoms with van der Waals surface area (Å²) in [7, 11) is 0. The molecule has 0 N–H and O–H groups in total. The summed E-state index contributed by atoms with van der Waals surface area (Å²) >= 11 is 0. The lowest BCUT2D eigenvalue weighted by atomic mass is 9.84. The normalized spacial score (nSPS) is 36.5. The van der Waals surface area contributed by atoms with Crippen molar-refractivity contribution < 1.29 is 28.4 Å². The molecule has 5 rings (SSSR count). The molecule has 3 aliphatic rings. The van der Waals surface area contributed by atoms with Crippen LogP contribution in [0.1, 0.15) is 38.3 Å². The maximum Gasteiger partial charge on any atom is 0.169 e. The summed E-state index contributed by atoms with van der Waals surface area (Å²) in [5.74, 6) is 0.144. The molecule has 2 bridgehead atoms. The van der Waals surface area contributed by atoms with Gasteiger partial charge in [0.25, 0.3) is 0 Å². The van der Waals surface area contributed by atoms with Gasteiger partial charge in [-0.3, -0.25) is 0 Å². The number of rotatable bonds is 10. The van der Waals surface area contributed by atoms with Crippen LogP contribution in [0.4, 0.5) is 0 Å². The molecular formula is C29H37N3O6. The highest BCUT2D eigenvalue weighted by atomic mass is 16.8. The number of fused-ring (bicyclic) bond motifs is 2. The summed E-state index contributed by atoms with van der Waals surface area (Å²) in [4.78, 5) is 3.06. The summed E-state index contributed by atoms with van der Waals surface area (Å²) in [6.07, 6.45) is -1.91. The second-order valence-electron chi connectivity index (χ2n) is 10.4. The fourth-order valence-corrected chi connectivity index (χ4v) is 5.77. The van der Waals surface area contributed by atoms with Crippen molar-refractivity contribution in [2.75, 3.05) is 6.61 Å². The molecule has 0 amide bonds. The predicted molar refractivity (Wildman–Crippen MR) is 140 cm³/mol. The molecule has 3 saturated heterocycles. The second kappa shape index (κ2) is 12.6. The van der Waals surface area contributed by atoms with Gasteiger partial charge in [0.1, 0.15) is 24.4 Å². The highest BCUT2D eigenvalue weighted by Gasteiger charge is 2.54. The Hall–Kier alpha value is -2.49. The van der Waals surface area contributed by atoms with Crippen LogP contribution >= 0.6 is 0 Å². The van der Waals surface area contributed by atoms with Gasteiger partial charge in [0, 0.05) is 16.7 Å². The predicted octanol–water partition coefficient (Wildman–Crippen LogP) is 5.38. The Morgan fingerprint density at radius 3 is 2.11 bits per heavy atom. The summed E-state index contributed by atoms with van der Waals surface area (Å²) in [5.41, 5.74) is 11.4. The van der Waals surface area contributed by atoms with Gasteiger partial charge < -0.3 is 28.4 Å². The number of azide groups is 1. The fourth-order valence-electron chi connectivity index (χ4n) is 5.77. The van der Waals surface area contributed by atoms with E-state index in [0.29, 0.717) is 19.8 Å². The largest absolute Gasteiger partial charge is 0.373 e. The van der Waals surface area contributed by atoms with Crippen molar-refractivity contribution in [3.63, 3.8) is 0 Å². The second-order valence-corrected chi connectivity index (χ2v) is 10.4. The molecule has 204 valence electrons. The van der Waals surface area contributed by atoms with Crippen molar-refractivity contribution in [1.29, 1.82) is 0 Å². The molecule has 9 heteroatoms. The summed E-state index contributed by atoms with van der Waals surface area (Å²) in [5, 5.41) is 4.00. The third-order valence-electron chi connectivity index (χ3n) is 7.85. The first-order chi connectivity index (χ1) is 18.6. The van der Waals surface area contributed by atoms with E-state index in [2.05, 4.69) is 42.9 Å². The zero-order valence-corrected chi connectivity index (χ0v) is 22.2. The zero-order chi connectivity index (χ0) is 26.5. The van der Waals surface area contributed by atoms with Crippen LogP contribution in [0.25, 0.3) is 10.4 Å². The molecule has 3 fully saturated rings. The molecule has 0 spiro atoms. The lowest BCUT2D eigenvalue weighted by molar-refractivity contribution is -0.314. The minimum absolute atomic E-state index is 0.0225. The molecule has 9 nitrogen and oxygen atoms in total.